The van der Waals surface area contributed by atoms with Crippen molar-refractivity contribution < 1.29 is 19.1 Å². The van der Waals surface area contributed by atoms with Gasteiger partial charge >= 0.3 is 0 Å². The fourth-order valence-electron chi connectivity index (χ4n) is 8.82. The molecule has 2 aromatic heterocycles. The first-order chi connectivity index (χ1) is 25.5. The molecule has 53 heavy (non-hydrogen) atoms. The van der Waals surface area contributed by atoms with Crippen LogP contribution in [0.3, 0.4) is 0 Å². The van der Waals surface area contributed by atoms with Crippen LogP contribution in [0.2, 0.25) is 0 Å². The molecule has 6 heterocycles. The van der Waals surface area contributed by atoms with E-state index in [1.165, 1.54) is 0 Å². The van der Waals surface area contributed by atoms with Crippen molar-refractivity contribution in [2.45, 2.75) is 31.8 Å². The minimum atomic E-state index is 0.164. The zero-order chi connectivity index (χ0) is 37.1. The summed E-state index contributed by atoms with van der Waals surface area (Å²) in [7, 11) is 3.37. The molecule has 4 aliphatic rings. The Kier molecular flexibility index (Phi) is 9.53. The van der Waals surface area contributed by atoms with Crippen molar-refractivity contribution in [1.82, 2.24) is 29.6 Å². The van der Waals surface area contributed by atoms with E-state index in [4.69, 9.17) is 19.4 Å². The Hall–Kier alpha value is -3.97. The maximum absolute atomic E-state index is 11.7. The van der Waals surface area contributed by atoms with Crippen molar-refractivity contribution in [1.29, 1.82) is 0 Å². The third-order valence-corrected chi connectivity index (χ3v) is 13.0. The molecule has 4 fully saturated rings. The van der Waals surface area contributed by atoms with Crippen molar-refractivity contribution in [3.8, 4) is 45.4 Å². The van der Waals surface area contributed by atoms with Gasteiger partial charge in [-0.15, -0.1) is 11.8 Å². The van der Waals surface area contributed by atoms with E-state index < -0.39 is 0 Å². The third-order valence-electron chi connectivity index (χ3n) is 11.3. The average Bonchev–Trinajstić information content (AvgIpc) is 3.08. The first-order valence-electron chi connectivity index (χ1n) is 18.0. The number of ether oxygens (including phenoxy) is 2. The number of hydrogen-bond acceptors (Lipinski definition) is 9. The maximum Gasteiger partial charge on any atom is 0.219 e. The number of hydrogen-bond donors (Lipinski definition) is 0. The van der Waals surface area contributed by atoms with E-state index in [0.29, 0.717) is 11.8 Å². The first-order valence-corrected chi connectivity index (χ1v) is 20.1. The third kappa shape index (κ3) is 6.62. The predicted octanol–water partition coefficient (Wildman–Crippen LogP) is 6.31. The lowest BCUT2D eigenvalue weighted by atomic mass is 9.72. The molecule has 0 unspecified atom stereocenters. The summed E-state index contributed by atoms with van der Waals surface area (Å²) in [6, 6.07) is 21.1. The minimum absolute atomic E-state index is 0.164. The molecule has 0 aliphatic carbocycles. The summed E-state index contributed by atoms with van der Waals surface area (Å²) in [6.45, 7) is 12.2. The fraction of sp³-hybridized carbons (Fsp3) is 0.415. The number of aromatic nitrogens is 2. The zero-order valence-corrected chi connectivity index (χ0v) is 33.3. The van der Waals surface area contributed by atoms with E-state index in [2.05, 4.69) is 92.6 Å². The van der Waals surface area contributed by atoms with Crippen LogP contribution in [0.25, 0.3) is 33.6 Å². The number of carbonyl (C=O) groups is 2. The summed E-state index contributed by atoms with van der Waals surface area (Å²) in [6.07, 6.45) is 2.11. The van der Waals surface area contributed by atoms with Gasteiger partial charge in [0, 0.05) is 122 Å². The molecular weight excluding hydrogens is 752 g/mol. The lowest BCUT2D eigenvalue weighted by molar-refractivity contribution is -0.158. The first kappa shape index (κ1) is 36.0. The quantitative estimate of drug-likeness (QED) is 0.172. The molecule has 0 N–H and O–H groups in total. The number of methoxy groups -OCH3 is 2. The van der Waals surface area contributed by atoms with Gasteiger partial charge in [0.05, 0.1) is 25.6 Å². The Bertz CT molecular complexity index is 2080. The predicted molar refractivity (Wildman–Crippen MR) is 211 cm³/mol. The summed E-state index contributed by atoms with van der Waals surface area (Å²) >= 11 is 5.68. The monoisotopic (exact) mass is 796 g/mol. The van der Waals surface area contributed by atoms with Crippen LogP contribution >= 0.6 is 27.7 Å². The van der Waals surface area contributed by atoms with Crippen LogP contribution in [-0.2, 0) is 22.7 Å². The number of pyridine rings is 2. The van der Waals surface area contributed by atoms with Gasteiger partial charge in [0.15, 0.2) is 0 Å². The number of thioether (sulfide) groups is 1. The normalized spacial score (nSPS) is 18.6. The molecule has 276 valence electrons. The molecule has 0 bridgehead atoms. The second-order valence-corrected chi connectivity index (χ2v) is 16.9. The molecule has 0 saturated carbocycles. The van der Waals surface area contributed by atoms with Crippen LogP contribution in [0.15, 0.2) is 70.0 Å². The van der Waals surface area contributed by atoms with Crippen molar-refractivity contribution in [2.75, 3.05) is 72.8 Å². The molecule has 4 aromatic rings. The maximum atomic E-state index is 11.7. The van der Waals surface area contributed by atoms with Gasteiger partial charge in [-0.1, -0.05) is 48.5 Å². The van der Waals surface area contributed by atoms with Gasteiger partial charge in [0.25, 0.3) is 0 Å². The molecule has 2 spiro atoms. The van der Waals surface area contributed by atoms with Crippen molar-refractivity contribution >= 4 is 39.5 Å². The van der Waals surface area contributed by atoms with Crippen molar-refractivity contribution in [3.05, 3.63) is 76.3 Å². The molecule has 12 heteroatoms. The number of likely N-dealkylation sites (tertiary alicyclic amines) is 4. The summed E-state index contributed by atoms with van der Waals surface area (Å²) in [4.78, 5) is 43.2. The van der Waals surface area contributed by atoms with Gasteiger partial charge < -0.3 is 19.3 Å². The molecule has 0 atom stereocenters. The van der Waals surface area contributed by atoms with Crippen LogP contribution in [0.1, 0.15) is 25.0 Å². The summed E-state index contributed by atoms with van der Waals surface area (Å²) in [5, 5.41) is 0. The Balaban J connectivity index is 1.000. The highest BCUT2D eigenvalue weighted by Gasteiger charge is 2.53. The number of carbonyl (C=O) groups excluding carboxylic acids is 2. The molecule has 8 rings (SSSR count). The smallest absolute Gasteiger partial charge is 0.219 e. The van der Waals surface area contributed by atoms with Gasteiger partial charge in [0.1, 0.15) is 0 Å². The molecule has 2 amide bonds. The van der Waals surface area contributed by atoms with E-state index in [1.54, 1.807) is 39.8 Å². The average molecular weight is 798 g/mol. The Morgan fingerprint density at radius 3 is 1.55 bits per heavy atom. The number of benzene rings is 2. The summed E-state index contributed by atoms with van der Waals surface area (Å²) in [5.41, 5.74) is 8.54. The van der Waals surface area contributed by atoms with Gasteiger partial charge in [-0.25, -0.2) is 9.97 Å². The lowest BCUT2D eigenvalue weighted by Gasteiger charge is -2.60. The fourth-order valence-corrected chi connectivity index (χ4v) is 10.3. The SMILES string of the molecule is COc1nc(-c2cccc(-c3cccc(-c4ccc(CN5CC6(C5)CN(C(C)=O)C6)c(OC)n4)c3SC)c2Br)ccc1CN1CC2(C1)CN(C(C)=O)C2. The minimum Gasteiger partial charge on any atom is -0.481 e. The molecule has 0 radical (unpaired) electrons. The number of nitrogens with zero attached hydrogens (tertiary/aromatic N) is 6. The van der Waals surface area contributed by atoms with Crippen LogP contribution in [-0.4, -0.2) is 114 Å². The van der Waals surface area contributed by atoms with Crippen LogP contribution in [0.5, 0.6) is 11.8 Å². The van der Waals surface area contributed by atoms with Crippen LogP contribution < -0.4 is 9.47 Å². The zero-order valence-electron chi connectivity index (χ0n) is 30.9. The standard InChI is InChI=1S/C41H45BrN6O4S/c1-26(49)47-22-40(23-47)18-45(19-40)16-28-12-14-34(43-38(28)51-3)32-10-6-8-30(36(32)42)31-9-7-11-33(37(31)53-5)35-15-13-29(39(44-35)52-4)17-46-20-41(21-46)24-48(25-41)27(2)50/h6-15H,16-25H2,1-5H3. The Labute approximate surface area is 324 Å². The highest BCUT2D eigenvalue weighted by atomic mass is 79.9. The van der Waals surface area contributed by atoms with E-state index in [9.17, 15) is 9.59 Å². The Morgan fingerprint density at radius 2 is 1.09 bits per heavy atom. The largest absolute Gasteiger partial charge is 0.481 e. The van der Waals surface area contributed by atoms with Gasteiger partial charge in [-0.2, -0.15) is 0 Å². The number of rotatable bonds is 10. The lowest BCUT2D eigenvalue weighted by Crippen LogP contribution is -2.72. The molecule has 10 nitrogen and oxygen atoms in total. The van der Waals surface area contributed by atoms with E-state index in [1.807, 2.05) is 9.80 Å². The summed E-state index contributed by atoms with van der Waals surface area (Å²) < 4.78 is 12.6. The highest BCUT2D eigenvalue weighted by Crippen LogP contribution is 2.45. The highest BCUT2D eigenvalue weighted by molar-refractivity contribution is 9.10. The molecular formula is C41H45BrN6O4S. The number of amides is 2. The van der Waals surface area contributed by atoms with Gasteiger partial charge in [-0.05, 0) is 45.4 Å². The van der Waals surface area contributed by atoms with Crippen LogP contribution in [0, 0.1) is 10.8 Å². The molecule has 4 saturated heterocycles. The molecule has 2 aromatic carbocycles. The second kappa shape index (κ2) is 14.0. The topological polar surface area (TPSA) is 91.3 Å². The van der Waals surface area contributed by atoms with Crippen molar-refractivity contribution in [2.24, 2.45) is 10.8 Å². The van der Waals surface area contributed by atoms with Crippen LogP contribution in [0.4, 0.5) is 0 Å². The van der Waals surface area contributed by atoms with Gasteiger partial charge in [0.2, 0.25) is 23.6 Å². The van der Waals surface area contributed by atoms with E-state index >= 15 is 0 Å². The van der Waals surface area contributed by atoms with Crippen molar-refractivity contribution in [3.63, 3.8) is 0 Å². The van der Waals surface area contributed by atoms with E-state index in [0.717, 1.165) is 120 Å². The molecule has 4 aliphatic heterocycles. The van der Waals surface area contributed by atoms with Gasteiger partial charge in [-0.3, -0.25) is 19.4 Å². The Morgan fingerprint density at radius 1 is 0.660 bits per heavy atom. The number of halogens is 1. The summed E-state index contributed by atoms with van der Waals surface area (Å²) in [5.74, 6) is 1.60. The van der Waals surface area contributed by atoms with E-state index in [-0.39, 0.29) is 22.6 Å². The second-order valence-electron chi connectivity index (χ2n) is 15.3.